The summed E-state index contributed by atoms with van der Waals surface area (Å²) in [4.78, 5) is 40.6. The van der Waals surface area contributed by atoms with Crippen LogP contribution in [0, 0.1) is 22.7 Å². The van der Waals surface area contributed by atoms with Gasteiger partial charge in [-0.25, -0.2) is 4.79 Å². The number of aromatic nitrogens is 4. The normalized spacial score (nSPS) is 18.0. The van der Waals surface area contributed by atoms with Crippen molar-refractivity contribution in [2.24, 2.45) is 22.7 Å². The van der Waals surface area contributed by atoms with Crippen LogP contribution in [0.3, 0.4) is 0 Å². The molecule has 5 heterocycles. The third-order valence-electron chi connectivity index (χ3n) is 11.0. The van der Waals surface area contributed by atoms with Crippen LogP contribution in [0.4, 0.5) is 0 Å². The fourth-order valence-corrected chi connectivity index (χ4v) is 7.67. The number of fused-ring (bicyclic) bond motifs is 5. The maximum absolute atomic E-state index is 12.7. The largest absolute Gasteiger partial charge is 0.461 e. The summed E-state index contributed by atoms with van der Waals surface area (Å²) in [5.74, 6) is 2.34. The zero-order chi connectivity index (χ0) is 36.8. The Hall–Kier alpha value is -4.86. The number of H-pyrrole nitrogens is 2. The number of nitrogens with zero attached hydrogens (tertiary/aromatic N) is 2. The molecule has 2 atom stereocenters. The molecule has 1 amide bonds. The van der Waals surface area contributed by atoms with E-state index < -0.39 is 0 Å². The van der Waals surface area contributed by atoms with Crippen molar-refractivity contribution < 1.29 is 23.8 Å². The summed E-state index contributed by atoms with van der Waals surface area (Å²) in [6, 6.07) is 13.7. The zero-order valence-corrected chi connectivity index (χ0v) is 31.5. The predicted octanol–water partition coefficient (Wildman–Crippen LogP) is 8.26. The van der Waals surface area contributed by atoms with Crippen molar-refractivity contribution >= 4 is 33.9 Å². The minimum absolute atomic E-state index is 0.142. The molecule has 4 aromatic heterocycles. The Morgan fingerprint density at radius 2 is 1.35 bits per heavy atom. The third kappa shape index (κ3) is 7.52. The molecule has 0 radical (unpaired) electrons. The lowest BCUT2D eigenvalue weighted by molar-refractivity contribution is 0.0520. The van der Waals surface area contributed by atoms with E-state index in [0.717, 1.165) is 64.8 Å². The van der Waals surface area contributed by atoms with Gasteiger partial charge >= 0.3 is 5.97 Å². The molecule has 0 saturated carbocycles. The number of carbonyl (C=O) groups is 2. The van der Waals surface area contributed by atoms with Gasteiger partial charge in [-0.1, -0.05) is 47.6 Å². The summed E-state index contributed by atoms with van der Waals surface area (Å²) in [7, 11) is 0. The van der Waals surface area contributed by atoms with Crippen LogP contribution >= 0.6 is 0 Å². The third-order valence-corrected chi connectivity index (χ3v) is 11.0. The quantitative estimate of drug-likeness (QED) is 0.157. The molecule has 274 valence electrons. The van der Waals surface area contributed by atoms with Gasteiger partial charge in [0.05, 0.1) is 28.7 Å². The van der Waals surface area contributed by atoms with E-state index in [1.165, 1.54) is 35.4 Å². The Morgan fingerprint density at radius 1 is 0.788 bits per heavy atom. The maximum Gasteiger partial charge on any atom is 0.354 e. The highest BCUT2D eigenvalue weighted by atomic mass is 16.7. The van der Waals surface area contributed by atoms with Crippen LogP contribution in [0.2, 0.25) is 0 Å². The predicted molar refractivity (Wildman–Crippen MR) is 202 cm³/mol. The first-order valence-corrected chi connectivity index (χ1v) is 18.6. The molecular weight excluding hydrogens is 654 g/mol. The molecule has 10 heteroatoms. The highest BCUT2D eigenvalue weighted by Crippen LogP contribution is 2.39. The average Bonchev–Trinajstić information content (AvgIpc) is 3.85. The number of amides is 1. The molecule has 5 aromatic rings. The van der Waals surface area contributed by atoms with Crippen LogP contribution < -0.4 is 14.8 Å². The maximum atomic E-state index is 12.7. The summed E-state index contributed by atoms with van der Waals surface area (Å²) in [6.45, 7) is 16.7. The minimum atomic E-state index is -0.314. The van der Waals surface area contributed by atoms with Crippen LogP contribution in [0.5, 0.6) is 11.5 Å². The van der Waals surface area contributed by atoms with Crippen LogP contribution in [0.25, 0.3) is 22.1 Å². The molecule has 10 nitrogen and oxygen atoms in total. The van der Waals surface area contributed by atoms with Gasteiger partial charge in [0, 0.05) is 17.9 Å². The van der Waals surface area contributed by atoms with Crippen molar-refractivity contribution in [2.45, 2.75) is 93.5 Å². The van der Waals surface area contributed by atoms with Crippen LogP contribution in [-0.4, -0.2) is 45.2 Å². The van der Waals surface area contributed by atoms with Crippen LogP contribution in [0.15, 0.2) is 42.5 Å². The van der Waals surface area contributed by atoms with E-state index in [4.69, 9.17) is 24.2 Å². The molecule has 2 aliphatic carbocycles. The number of aromatic amines is 2. The van der Waals surface area contributed by atoms with E-state index in [9.17, 15) is 9.59 Å². The molecule has 3 N–H and O–H groups in total. The van der Waals surface area contributed by atoms with E-state index in [1.807, 2.05) is 31.2 Å². The number of pyridine rings is 2. The molecule has 52 heavy (non-hydrogen) atoms. The van der Waals surface area contributed by atoms with Gasteiger partial charge in [0.2, 0.25) is 6.79 Å². The van der Waals surface area contributed by atoms with Gasteiger partial charge in [-0.15, -0.1) is 0 Å². The second-order valence-electron chi connectivity index (χ2n) is 16.6. The highest BCUT2D eigenvalue weighted by molar-refractivity contribution is 5.97. The van der Waals surface area contributed by atoms with Crippen molar-refractivity contribution in [2.75, 3.05) is 13.4 Å². The lowest BCUT2D eigenvalue weighted by Gasteiger charge is -2.34. The summed E-state index contributed by atoms with van der Waals surface area (Å²) >= 11 is 0. The van der Waals surface area contributed by atoms with Crippen molar-refractivity contribution in [1.29, 1.82) is 0 Å². The Balaban J connectivity index is 0.000000170. The fourth-order valence-electron chi connectivity index (χ4n) is 7.67. The molecule has 0 fully saturated rings. The fraction of sp³-hybridized carbons (Fsp3) is 0.476. The van der Waals surface area contributed by atoms with Gasteiger partial charge in [0.15, 0.2) is 11.5 Å². The SMILES string of the molecule is CC(C)(C)C1CCc2nc3cc(C(=O)NCc4ccc5c(c4)OCO5)[nH]c3cc2C1.CCOC(=O)c1cc2nc3c(cc2[nH]1)CC(C(C)(C)C)CC3. The van der Waals surface area contributed by atoms with E-state index in [2.05, 4.69) is 69.0 Å². The van der Waals surface area contributed by atoms with Crippen molar-refractivity contribution in [3.05, 3.63) is 81.9 Å². The number of nitrogens with one attached hydrogen (secondary N) is 3. The molecular formula is C42H51N5O5. The van der Waals surface area contributed by atoms with Gasteiger partial charge in [0.25, 0.3) is 5.91 Å². The topological polar surface area (TPSA) is 131 Å². The van der Waals surface area contributed by atoms with Crippen LogP contribution in [0.1, 0.15) is 110 Å². The Morgan fingerprint density at radius 3 is 1.92 bits per heavy atom. The van der Waals surface area contributed by atoms with E-state index in [0.29, 0.717) is 47.2 Å². The molecule has 1 aliphatic heterocycles. The number of rotatable bonds is 5. The monoisotopic (exact) mass is 705 g/mol. The van der Waals surface area contributed by atoms with Crippen LogP contribution in [-0.2, 0) is 37.0 Å². The molecule has 1 aromatic carbocycles. The Bertz CT molecular complexity index is 2130. The van der Waals surface area contributed by atoms with Gasteiger partial charge in [-0.3, -0.25) is 14.8 Å². The number of hydrogen-bond acceptors (Lipinski definition) is 7. The first kappa shape index (κ1) is 35.5. The lowest BCUT2D eigenvalue weighted by Crippen LogP contribution is -2.27. The van der Waals surface area contributed by atoms with Crippen molar-refractivity contribution in [3.8, 4) is 11.5 Å². The molecule has 2 unspecified atom stereocenters. The Kier molecular flexibility index (Phi) is 9.52. The van der Waals surface area contributed by atoms with E-state index >= 15 is 0 Å². The molecule has 3 aliphatic rings. The Labute approximate surface area is 305 Å². The average molecular weight is 706 g/mol. The second kappa shape index (κ2) is 13.9. The first-order valence-electron chi connectivity index (χ1n) is 18.6. The van der Waals surface area contributed by atoms with Crippen molar-refractivity contribution in [1.82, 2.24) is 25.3 Å². The smallest absolute Gasteiger partial charge is 0.354 e. The summed E-state index contributed by atoms with van der Waals surface area (Å²) < 4.78 is 15.8. The van der Waals surface area contributed by atoms with E-state index in [1.54, 1.807) is 6.07 Å². The number of hydrogen-bond donors (Lipinski definition) is 3. The highest BCUT2D eigenvalue weighted by Gasteiger charge is 2.31. The molecule has 0 spiro atoms. The summed E-state index contributed by atoms with van der Waals surface area (Å²) in [5.41, 5.74) is 11.1. The number of esters is 1. The summed E-state index contributed by atoms with van der Waals surface area (Å²) in [6.07, 6.45) is 6.49. The van der Waals surface area contributed by atoms with Gasteiger partial charge in [-0.2, -0.15) is 0 Å². The van der Waals surface area contributed by atoms with Gasteiger partial charge in [0.1, 0.15) is 11.4 Å². The lowest BCUT2D eigenvalue weighted by atomic mass is 9.71. The second-order valence-corrected chi connectivity index (χ2v) is 16.6. The van der Waals surface area contributed by atoms with Crippen molar-refractivity contribution in [3.63, 3.8) is 0 Å². The van der Waals surface area contributed by atoms with Gasteiger partial charge < -0.3 is 29.5 Å². The standard InChI is InChI=1S/C24H27N3O3.C18H24N2O2/c1-24(2,3)16-5-6-17-15(9-16)10-18-19(26-17)11-20(27-18)23(28)25-12-14-4-7-21-22(8-14)30-13-29-21;1-5-22-17(21)16-10-15-14(20-16)9-11-8-12(18(2,3)4)6-7-13(11)19-15/h4,7-8,10-11,16,27H,5-6,9,12-13H2,1-3H3,(H,25,28);9-10,12,20H,5-8H2,1-4H3. The zero-order valence-electron chi connectivity index (χ0n) is 31.5. The summed E-state index contributed by atoms with van der Waals surface area (Å²) in [5, 5.41) is 2.97. The number of ether oxygens (including phenoxy) is 3. The van der Waals surface area contributed by atoms with E-state index in [-0.39, 0.29) is 18.7 Å². The minimum Gasteiger partial charge on any atom is -0.461 e. The number of benzene rings is 1. The first-order chi connectivity index (χ1) is 24.7. The van der Waals surface area contributed by atoms with Gasteiger partial charge in [-0.05, 0) is 121 Å². The number of carbonyl (C=O) groups excluding carboxylic acids is 2. The molecule has 8 rings (SSSR count). The molecule has 0 bridgehead atoms. The molecule has 0 saturated heterocycles. The number of aryl methyl sites for hydroxylation is 2.